The van der Waals surface area contributed by atoms with Gasteiger partial charge in [0.25, 0.3) is 0 Å². The lowest BCUT2D eigenvalue weighted by molar-refractivity contribution is -0.133. The fraction of sp³-hybridized carbons (Fsp3) is 0.684. The molecule has 1 aliphatic carbocycles. The minimum atomic E-state index is -0.695. The number of anilines is 1. The Morgan fingerprint density at radius 1 is 1.38 bits per heavy atom. The molecule has 3 aliphatic rings. The van der Waals surface area contributed by atoms with Crippen molar-refractivity contribution in [3.63, 3.8) is 0 Å². The molecule has 9 nitrogen and oxygen atoms in total. The van der Waals surface area contributed by atoms with Gasteiger partial charge in [0, 0.05) is 38.2 Å². The number of hydrogen-bond donors (Lipinski definition) is 2. The molecule has 0 bridgehead atoms. The molecule has 29 heavy (non-hydrogen) atoms. The SMILES string of the molecule is C[C@H]1CN(C(=O)CCC2(C3CC3)NCOCNC2=O)CCN1c1cnnc(Cl)c1. The largest absolute Gasteiger partial charge is 0.364 e. The fourth-order valence-corrected chi connectivity index (χ4v) is 4.57. The van der Waals surface area contributed by atoms with Crippen LogP contribution in [0.15, 0.2) is 12.3 Å². The van der Waals surface area contributed by atoms with E-state index in [9.17, 15) is 9.59 Å². The Morgan fingerprint density at radius 2 is 2.21 bits per heavy atom. The van der Waals surface area contributed by atoms with E-state index in [2.05, 4.69) is 32.7 Å². The van der Waals surface area contributed by atoms with Crippen LogP contribution in [0.4, 0.5) is 5.69 Å². The van der Waals surface area contributed by atoms with Crippen LogP contribution in [0.25, 0.3) is 0 Å². The Hall–Kier alpha value is -1.97. The van der Waals surface area contributed by atoms with E-state index in [-0.39, 0.29) is 30.5 Å². The molecular weight excluding hydrogens is 396 g/mol. The van der Waals surface area contributed by atoms with Crippen LogP contribution in [0.1, 0.15) is 32.6 Å². The minimum absolute atomic E-state index is 0.0504. The first-order valence-electron chi connectivity index (χ1n) is 10.1. The highest BCUT2D eigenvalue weighted by molar-refractivity contribution is 6.29. The molecule has 3 fully saturated rings. The Bertz CT molecular complexity index is 776. The summed E-state index contributed by atoms with van der Waals surface area (Å²) in [6.07, 6.45) is 4.54. The summed E-state index contributed by atoms with van der Waals surface area (Å²) in [5, 5.41) is 14.1. The van der Waals surface area contributed by atoms with Crippen LogP contribution < -0.4 is 15.5 Å². The highest BCUT2D eigenvalue weighted by Crippen LogP contribution is 2.43. The molecule has 1 aromatic heterocycles. The summed E-state index contributed by atoms with van der Waals surface area (Å²) in [4.78, 5) is 29.7. The van der Waals surface area contributed by atoms with Crippen LogP contribution in [0.3, 0.4) is 0 Å². The standard InChI is InChI=1S/C19H27ClN6O3/c1-13-10-25(6-7-26(13)15-8-16(20)24-23-9-15)17(27)4-5-19(14-2-3-14)18(28)21-11-29-12-22-19/h8-9,13-14,22H,2-7,10-12H2,1H3,(H,21,28)/t13-,19?/m0/s1. The zero-order chi connectivity index (χ0) is 20.4. The number of hydrogen-bond acceptors (Lipinski definition) is 7. The van der Waals surface area contributed by atoms with Crippen LogP contribution in [0.2, 0.25) is 5.15 Å². The first-order valence-corrected chi connectivity index (χ1v) is 10.5. The molecule has 0 spiro atoms. The molecule has 1 unspecified atom stereocenters. The smallest absolute Gasteiger partial charge is 0.242 e. The Labute approximate surface area is 175 Å². The molecule has 2 saturated heterocycles. The number of rotatable bonds is 5. The summed E-state index contributed by atoms with van der Waals surface area (Å²) in [7, 11) is 0. The summed E-state index contributed by atoms with van der Waals surface area (Å²) in [6, 6.07) is 1.93. The third-order valence-electron chi connectivity index (χ3n) is 6.16. The number of carbonyl (C=O) groups excluding carboxylic acids is 2. The summed E-state index contributed by atoms with van der Waals surface area (Å²) in [6.45, 7) is 4.57. The maximum Gasteiger partial charge on any atom is 0.242 e. The van der Waals surface area contributed by atoms with Crippen molar-refractivity contribution in [3.05, 3.63) is 17.4 Å². The second-order valence-corrected chi connectivity index (χ2v) is 8.43. The quantitative estimate of drug-likeness (QED) is 0.722. The second kappa shape index (κ2) is 8.41. The number of amides is 2. The Balaban J connectivity index is 1.36. The van der Waals surface area contributed by atoms with Gasteiger partial charge in [0.15, 0.2) is 5.15 Å². The van der Waals surface area contributed by atoms with Gasteiger partial charge in [-0.25, -0.2) is 0 Å². The van der Waals surface area contributed by atoms with Crippen molar-refractivity contribution < 1.29 is 14.3 Å². The molecule has 10 heteroatoms. The lowest BCUT2D eigenvalue weighted by Gasteiger charge is -2.41. The second-order valence-electron chi connectivity index (χ2n) is 8.04. The van der Waals surface area contributed by atoms with Crippen molar-refractivity contribution in [3.8, 4) is 0 Å². The lowest BCUT2D eigenvalue weighted by atomic mass is 9.86. The summed E-state index contributed by atoms with van der Waals surface area (Å²) < 4.78 is 5.33. The van der Waals surface area contributed by atoms with Crippen molar-refractivity contribution in [2.24, 2.45) is 5.92 Å². The van der Waals surface area contributed by atoms with Crippen molar-refractivity contribution >= 4 is 29.1 Å². The van der Waals surface area contributed by atoms with Gasteiger partial charge in [0.2, 0.25) is 11.8 Å². The molecule has 2 atom stereocenters. The molecule has 1 aromatic rings. The number of aromatic nitrogens is 2. The normalized spacial score (nSPS) is 28.1. The average Bonchev–Trinajstić information content (AvgIpc) is 3.55. The number of nitrogens with zero attached hydrogens (tertiary/aromatic N) is 4. The van der Waals surface area contributed by atoms with E-state index in [4.69, 9.17) is 16.3 Å². The molecule has 2 N–H and O–H groups in total. The highest BCUT2D eigenvalue weighted by atomic mass is 35.5. The number of carbonyl (C=O) groups is 2. The molecule has 158 valence electrons. The third kappa shape index (κ3) is 4.31. The zero-order valence-corrected chi connectivity index (χ0v) is 17.3. The van der Waals surface area contributed by atoms with Crippen molar-refractivity contribution in [1.29, 1.82) is 0 Å². The fourth-order valence-electron chi connectivity index (χ4n) is 4.42. The number of ether oxygens (including phenoxy) is 1. The molecule has 2 aliphatic heterocycles. The van der Waals surface area contributed by atoms with Crippen LogP contribution in [0, 0.1) is 5.92 Å². The van der Waals surface area contributed by atoms with Crippen molar-refractivity contribution in [1.82, 2.24) is 25.7 Å². The average molecular weight is 423 g/mol. The maximum atomic E-state index is 12.9. The zero-order valence-electron chi connectivity index (χ0n) is 16.6. The topological polar surface area (TPSA) is 99.7 Å². The summed E-state index contributed by atoms with van der Waals surface area (Å²) in [5.74, 6) is 0.310. The van der Waals surface area contributed by atoms with E-state index in [1.54, 1.807) is 12.3 Å². The van der Waals surface area contributed by atoms with Crippen LogP contribution >= 0.6 is 11.6 Å². The van der Waals surface area contributed by atoms with Gasteiger partial charge in [-0.3, -0.25) is 14.9 Å². The van der Waals surface area contributed by atoms with Gasteiger partial charge in [-0.1, -0.05) is 11.6 Å². The molecule has 1 saturated carbocycles. The molecule has 2 amide bonds. The minimum Gasteiger partial charge on any atom is -0.364 e. The predicted octanol–water partition coefficient (Wildman–Crippen LogP) is 0.747. The molecular formula is C19H27ClN6O3. The van der Waals surface area contributed by atoms with Crippen LogP contribution in [-0.2, 0) is 14.3 Å². The molecule has 3 heterocycles. The van der Waals surface area contributed by atoms with E-state index in [0.29, 0.717) is 44.4 Å². The van der Waals surface area contributed by atoms with Crippen LogP contribution in [0.5, 0.6) is 0 Å². The van der Waals surface area contributed by atoms with Gasteiger partial charge < -0.3 is 19.9 Å². The van der Waals surface area contributed by atoms with E-state index in [0.717, 1.165) is 18.5 Å². The number of nitrogens with one attached hydrogen (secondary N) is 2. The first kappa shape index (κ1) is 20.3. The maximum absolute atomic E-state index is 12.9. The van der Waals surface area contributed by atoms with Gasteiger partial charge in [0.05, 0.1) is 18.6 Å². The van der Waals surface area contributed by atoms with Gasteiger partial charge >= 0.3 is 0 Å². The van der Waals surface area contributed by atoms with Crippen molar-refractivity contribution in [2.75, 3.05) is 38.0 Å². The van der Waals surface area contributed by atoms with Gasteiger partial charge in [-0.05, 0) is 32.1 Å². The van der Waals surface area contributed by atoms with Gasteiger partial charge in [-0.15, -0.1) is 5.10 Å². The summed E-state index contributed by atoms with van der Waals surface area (Å²) >= 11 is 5.96. The van der Waals surface area contributed by atoms with Crippen molar-refractivity contribution in [2.45, 2.75) is 44.2 Å². The van der Waals surface area contributed by atoms with E-state index in [1.165, 1.54) is 0 Å². The summed E-state index contributed by atoms with van der Waals surface area (Å²) in [5.41, 5.74) is 0.218. The Kier molecular flexibility index (Phi) is 5.89. The molecule has 0 radical (unpaired) electrons. The van der Waals surface area contributed by atoms with E-state index in [1.807, 2.05) is 4.90 Å². The molecule has 4 rings (SSSR count). The number of piperazine rings is 1. The van der Waals surface area contributed by atoms with Gasteiger partial charge in [-0.2, -0.15) is 5.10 Å². The van der Waals surface area contributed by atoms with Crippen LogP contribution in [-0.4, -0.2) is 71.6 Å². The van der Waals surface area contributed by atoms with Gasteiger partial charge in [0.1, 0.15) is 12.3 Å². The predicted molar refractivity (Wildman–Crippen MR) is 107 cm³/mol. The molecule has 0 aromatic carbocycles. The highest BCUT2D eigenvalue weighted by Gasteiger charge is 2.51. The monoisotopic (exact) mass is 422 g/mol. The lowest BCUT2D eigenvalue weighted by Crippen LogP contribution is -2.58. The first-order chi connectivity index (χ1) is 14.0. The third-order valence-corrected chi connectivity index (χ3v) is 6.34. The number of halogens is 1. The van der Waals surface area contributed by atoms with E-state index < -0.39 is 5.54 Å². The Morgan fingerprint density at radius 3 is 2.93 bits per heavy atom. The van der Waals surface area contributed by atoms with E-state index >= 15 is 0 Å².